The van der Waals surface area contributed by atoms with Crippen LogP contribution in [-0.4, -0.2) is 20.6 Å². The number of rotatable bonds is 7. The minimum absolute atomic E-state index is 0.0981. The molecule has 4 nitrogen and oxygen atoms in total. The Bertz CT molecular complexity index is 503. The predicted molar refractivity (Wildman–Crippen MR) is 72.9 cm³/mol. The van der Waals surface area contributed by atoms with Crippen molar-refractivity contribution in [3.63, 3.8) is 0 Å². The van der Waals surface area contributed by atoms with Crippen molar-refractivity contribution in [3.05, 3.63) is 54.1 Å². The van der Waals surface area contributed by atoms with Crippen molar-refractivity contribution in [2.75, 3.05) is 0 Å². The highest BCUT2D eigenvalue weighted by Gasteiger charge is 2.00. The fraction of sp³-hybridized carbons (Fsp3) is 0.333. The summed E-state index contributed by atoms with van der Waals surface area (Å²) in [5.74, 6) is -0.784. The number of benzene rings is 1. The number of aromatic nitrogens is 2. The first-order valence-electron chi connectivity index (χ1n) is 6.49. The van der Waals surface area contributed by atoms with Crippen LogP contribution in [0.4, 0.5) is 0 Å². The minimum Gasteiger partial charge on any atom is -0.481 e. The number of aliphatic carboxylic acids is 1. The van der Waals surface area contributed by atoms with Gasteiger partial charge in [0.15, 0.2) is 0 Å². The number of nitrogens with zero attached hydrogens (tertiary/aromatic N) is 2. The summed E-state index contributed by atoms with van der Waals surface area (Å²) in [6, 6.07) is 7.85. The summed E-state index contributed by atoms with van der Waals surface area (Å²) in [5, 5.41) is 8.69. The highest BCUT2D eigenvalue weighted by molar-refractivity contribution is 5.70. The first-order valence-corrected chi connectivity index (χ1v) is 6.49. The summed E-state index contributed by atoms with van der Waals surface area (Å²) in [6.45, 7) is 0.997. The number of imidazole rings is 1. The van der Waals surface area contributed by atoms with Crippen molar-refractivity contribution in [3.8, 4) is 0 Å². The van der Waals surface area contributed by atoms with Crippen molar-refractivity contribution in [2.24, 2.45) is 0 Å². The molecule has 4 heteroatoms. The molecule has 1 N–H and O–H groups in total. The molecule has 100 valence electrons. The smallest absolute Gasteiger partial charge is 0.307 e. The Balaban J connectivity index is 1.72. The minimum atomic E-state index is -0.784. The third-order valence-electron chi connectivity index (χ3n) is 3.07. The normalized spacial score (nSPS) is 10.5. The fourth-order valence-corrected chi connectivity index (χ4v) is 2.04. The molecule has 1 aromatic carbocycles. The monoisotopic (exact) mass is 258 g/mol. The molecular formula is C15H18N2O2. The lowest BCUT2D eigenvalue weighted by Gasteiger charge is -2.04. The highest BCUT2D eigenvalue weighted by Crippen LogP contribution is 2.09. The van der Waals surface area contributed by atoms with Crippen LogP contribution in [0.25, 0.3) is 0 Å². The molecule has 0 bridgehead atoms. The molecule has 2 rings (SSSR count). The molecule has 1 aromatic heterocycles. The number of hydrogen-bond acceptors (Lipinski definition) is 2. The third kappa shape index (κ3) is 4.58. The molecule has 0 amide bonds. The lowest BCUT2D eigenvalue weighted by atomic mass is 10.0. The predicted octanol–water partition coefficient (Wildman–Crippen LogP) is 2.53. The van der Waals surface area contributed by atoms with E-state index in [0.717, 1.165) is 31.4 Å². The van der Waals surface area contributed by atoms with Crippen molar-refractivity contribution >= 4 is 5.97 Å². The topological polar surface area (TPSA) is 55.1 Å². The number of hydrogen-bond donors (Lipinski definition) is 1. The van der Waals surface area contributed by atoms with E-state index in [-0.39, 0.29) is 6.42 Å². The summed E-state index contributed by atoms with van der Waals surface area (Å²) in [7, 11) is 0. The molecule has 2 aromatic rings. The molecule has 0 aliphatic carbocycles. The van der Waals surface area contributed by atoms with Crippen LogP contribution in [0.5, 0.6) is 0 Å². The van der Waals surface area contributed by atoms with Crippen LogP contribution in [0.15, 0.2) is 43.0 Å². The number of carboxylic acids is 1. The molecule has 0 saturated carbocycles. The zero-order chi connectivity index (χ0) is 13.5. The van der Waals surface area contributed by atoms with Gasteiger partial charge in [0.05, 0.1) is 12.7 Å². The molecule has 0 saturated heterocycles. The first-order chi connectivity index (χ1) is 9.24. The van der Waals surface area contributed by atoms with Crippen LogP contribution in [0.3, 0.4) is 0 Å². The van der Waals surface area contributed by atoms with Gasteiger partial charge in [-0.2, -0.15) is 0 Å². The van der Waals surface area contributed by atoms with E-state index in [1.807, 2.05) is 36.8 Å². The van der Waals surface area contributed by atoms with Gasteiger partial charge in [0.1, 0.15) is 0 Å². The molecule has 0 unspecified atom stereocenters. The summed E-state index contributed by atoms with van der Waals surface area (Å²) < 4.78 is 2.08. The van der Waals surface area contributed by atoms with E-state index in [0.29, 0.717) is 0 Å². The van der Waals surface area contributed by atoms with Gasteiger partial charge in [-0.1, -0.05) is 24.3 Å². The van der Waals surface area contributed by atoms with Crippen molar-refractivity contribution < 1.29 is 9.90 Å². The second-order valence-corrected chi connectivity index (χ2v) is 4.64. The third-order valence-corrected chi connectivity index (χ3v) is 3.07. The molecular weight excluding hydrogens is 240 g/mol. The average Bonchev–Trinajstić information content (AvgIpc) is 2.89. The van der Waals surface area contributed by atoms with E-state index in [2.05, 4.69) is 9.55 Å². The lowest BCUT2D eigenvalue weighted by molar-refractivity contribution is -0.136. The Morgan fingerprint density at radius 3 is 2.53 bits per heavy atom. The van der Waals surface area contributed by atoms with E-state index in [1.54, 1.807) is 6.20 Å². The van der Waals surface area contributed by atoms with Crippen molar-refractivity contribution in [1.29, 1.82) is 0 Å². The Kier molecular flexibility index (Phi) is 4.72. The second kappa shape index (κ2) is 6.73. The van der Waals surface area contributed by atoms with Crippen LogP contribution in [0.2, 0.25) is 0 Å². The number of carbonyl (C=O) groups is 1. The average molecular weight is 258 g/mol. The van der Waals surface area contributed by atoms with E-state index >= 15 is 0 Å². The van der Waals surface area contributed by atoms with Gasteiger partial charge in [0, 0.05) is 18.9 Å². The van der Waals surface area contributed by atoms with Crippen LogP contribution in [0.1, 0.15) is 24.0 Å². The van der Waals surface area contributed by atoms with Crippen molar-refractivity contribution in [1.82, 2.24) is 9.55 Å². The van der Waals surface area contributed by atoms with E-state index in [4.69, 9.17) is 5.11 Å². The van der Waals surface area contributed by atoms with Crippen LogP contribution < -0.4 is 0 Å². The van der Waals surface area contributed by atoms with E-state index < -0.39 is 5.97 Å². The Morgan fingerprint density at radius 1 is 1.16 bits per heavy atom. The number of aryl methyl sites for hydroxylation is 2. The maximum absolute atomic E-state index is 10.6. The van der Waals surface area contributed by atoms with Gasteiger partial charge in [-0.3, -0.25) is 4.79 Å². The zero-order valence-electron chi connectivity index (χ0n) is 10.8. The summed E-state index contributed by atoms with van der Waals surface area (Å²) in [5.41, 5.74) is 2.12. The van der Waals surface area contributed by atoms with Gasteiger partial charge in [-0.15, -0.1) is 0 Å². The Labute approximate surface area is 112 Å². The van der Waals surface area contributed by atoms with Gasteiger partial charge < -0.3 is 9.67 Å². The number of carboxylic acid groups (broad SMARTS) is 1. The molecule has 0 aliphatic heterocycles. The van der Waals surface area contributed by atoms with Crippen LogP contribution in [0, 0.1) is 0 Å². The maximum Gasteiger partial charge on any atom is 0.307 e. The van der Waals surface area contributed by atoms with Crippen LogP contribution >= 0.6 is 0 Å². The summed E-state index contributed by atoms with van der Waals surface area (Å²) in [6.07, 6.45) is 8.97. The number of unbranched alkanes of at least 4 members (excludes halogenated alkanes) is 1. The molecule has 0 aliphatic rings. The quantitative estimate of drug-likeness (QED) is 0.776. The molecule has 19 heavy (non-hydrogen) atoms. The summed E-state index contributed by atoms with van der Waals surface area (Å²) in [4.78, 5) is 14.6. The Hall–Kier alpha value is -2.10. The highest BCUT2D eigenvalue weighted by atomic mass is 16.4. The SMILES string of the molecule is O=C(O)Cc1ccc(CCCCn2ccnc2)cc1. The molecule has 0 spiro atoms. The van der Waals surface area contributed by atoms with E-state index in [9.17, 15) is 4.79 Å². The van der Waals surface area contributed by atoms with Gasteiger partial charge in [-0.25, -0.2) is 4.98 Å². The lowest BCUT2D eigenvalue weighted by Crippen LogP contribution is -2.00. The first kappa shape index (κ1) is 13.3. The van der Waals surface area contributed by atoms with Gasteiger partial charge >= 0.3 is 5.97 Å². The molecule has 0 fully saturated rings. The Morgan fingerprint density at radius 2 is 1.89 bits per heavy atom. The van der Waals surface area contributed by atoms with Gasteiger partial charge in [0.2, 0.25) is 0 Å². The van der Waals surface area contributed by atoms with E-state index in [1.165, 1.54) is 5.56 Å². The molecule has 0 radical (unpaired) electrons. The zero-order valence-corrected chi connectivity index (χ0v) is 10.8. The van der Waals surface area contributed by atoms with Crippen molar-refractivity contribution in [2.45, 2.75) is 32.2 Å². The largest absolute Gasteiger partial charge is 0.481 e. The fourth-order valence-electron chi connectivity index (χ4n) is 2.04. The summed E-state index contributed by atoms with van der Waals surface area (Å²) >= 11 is 0. The second-order valence-electron chi connectivity index (χ2n) is 4.64. The molecule has 0 atom stereocenters. The van der Waals surface area contributed by atoms with Gasteiger partial charge in [-0.05, 0) is 30.4 Å². The van der Waals surface area contributed by atoms with Gasteiger partial charge in [0.25, 0.3) is 0 Å². The molecule has 1 heterocycles. The standard InChI is InChI=1S/C15H18N2O2/c18-15(19)11-14-6-4-13(5-7-14)3-1-2-9-17-10-8-16-12-17/h4-8,10,12H,1-3,9,11H2,(H,18,19). The van der Waals surface area contributed by atoms with Crippen LogP contribution in [-0.2, 0) is 24.2 Å². The maximum atomic E-state index is 10.6.